The molecule has 0 aliphatic carbocycles. The van der Waals surface area contributed by atoms with Gasteiger partial charge in [-0.1, -0.05) is 23.8 Å². The highest BCUT2D eigenvalue weighted by molar-refractivity contribution is 7.98. The standard InChI is InChI=1S/C16H18N2O2S/c1-3-17-15-10-13(6-9-16(15)18(19)20)11-21-14-7-4-12(2)5-8-14/h4-10,17H,3,11H2,1-2H3. The number of nitro benzene ring substituents is 1. The molecule has 0 saturated carbocycles. The first kappa shape index (κ1) is 15.4. The first-order chi connectivity index (χ1) is 10.1. The summed E-state index contributed by atoms with van der Waals surface area (Å²) in [7, 11) is 0. The van der Waals surface area contributed by atoms with Gasteiger partial charge in [-0.15, -0.1) is 11.8 Å². The summed E-state index contributed by atoms with van der Waals surface area (Å²) in [6, 6.07) is 13.6. The highest BCUT2D eigenvalue weighted by atomic mass is 32.2. The van der Waals surface area contributed by atoms with Crippen LogP contribution < -0.4 is 5.32 Å². The van der Waals surface area contributed by atoms with E-state index < -0.39 is 0 Å². The summed E-state index contributed by atoms with van der Waals surface area (Å²) < 4.78 is 0. The number of benzene rings is 2. The molecule has 2 rings (SSSR count). The van der Waals surface area contributed by atoms with Crippen LogP contribution in [0.5, 0.6) is 0 Å². The van der Waals surface area contributed by atoms with Gasteiger partial charge >= 0.3 is 0 Å². The van der Waals surface area contributed by atoms with Gasteiger partial charge in [0, 0.05) is 23.3 Å². The average molecular weight is 302 g/mol. The van der Waals surface area contributed by atoms with Gasteiger partial charge in [-0.3, -0.25) is 10.1 Å². The molecule has 0 bridgehead atoms. The Bertz CT molecular complexity index is 627. The van der Waals surface area contributed by atoms with E-state index in [2.05, 4.69) is 36.5 Å². The van der Waals surface area contributed by atoms with E-state index in [1.807, 2.05) is 19.1 Å². The second-order valence-corrected chi connectivity index (χ2v) is 5.79. The topological polar surface area (TPSA) is 55.2 Å². The van der Waals surface area contributed by atoms with Crippen LogP contribution in [0.4, 0.5) is 11.4 Å². The lowest BCUT2D eigenvalue weighted by molar-refractivity contribution is -0.384. The fourth-order valence-corrected chi connectivity index (χ4v) is 2.81. The number of thioether (sulfide) groups is 1. The Morgan fingerprint density at radius 3 is 2.52 bits per heavy atom. The van der Waals surface area contributed by atoms with Gasteiger partial charge in [0.2, 0.25) is 0 Å². The van der Waals surface area contributed by atoms with Crippen molar-refractivity contribution < 1.29 is 4.92 Å². The van der Waals surface area contributed by atoms with E-state index in [1.54, 1.807) is 17.8 Å². The lowest BCUT2D eigenvalue weighted by Gasteiger charge is -2.08. The molecule has 0 atom stereocenters. The monoisotopic (exact) mass is 302 g/mol. The van der Waals surface area contributed by atoms with Crippen LogP contribution in [-0.2, 0) is 5.75 Å². The van der Waals surface area contributed by atoms with Gasteiger partial charge in [-0.2, -0.15) is 0 Å². The number of hydrogen-bond acceptors (Lipinski definition) is 4. The van der Waals surface area contributed by atoms with Crippen LogP contribution in [0.3, 0.4) is 0 Å². The maximum absolute atomic E-state index is 11.0. The minimum Gasteiger partial charge on any atom is -0.380 e. The first-order valence-electron chi connectivity index (χ1n) is 6.81. The minimum absolute atomic E-state index is 0.126. The average Bonchev–Trinajstić information content (AvgIpc) is 2.47. The Balaban J connectivity index is 2.11. The highest BCUT2D eigenvalue weighted by Gasteiger charge is 2.13. The lowest BCUT2D eigenvalue weighted by Crippen LogP contribution is -2.01. The Morgan fingerprint density at radius 1 is 1.19 bits per heavy atom. The van der Waals surface area contributed by atoms with Crippen LogP contribution in [0, 0.1) is 17.0 Å². The third kappa shape index (κ3) is 4.23. The molecule has 0 fully saturated rings. The number of rotatable bonds is 6. The fraction of sp³-hybridized carbons (Fsp3) is 0.250. The fourth-order valence-electron chi connectivity index (χ4n) is 1.97. The third-order valence-electron chi connectivity index (χ3n) is 3.05. The zero-order valence-corrected chi connectivity index (χ0v) is 12.9. The van der Waals surface area contributed by atoms with Crippen LogP contribution in [0.25, 0.3) is 0 Å². The molecule has 5 heteroatoms. The zero-order chi connectivity index (χ0) is 15.2. The van der Waals surface area contributed by atoms with E-state index in [-0.39, 0.29) is 10.6 Å². The van der Waals surface area contributed by atoms with Gasteiger partial charge in [0.1, 0.15) is 5.69 Å². The summed E-state index contributed by atoms with van der Waals surface area (Å²) >= 11 is 1.73. The largest absolute Gasteiger partial charge is 0.380 e. The predicted octanol–water partition coefficient (Wildman–Crippen LogP) is 4.63. The van der Waals surface area contributed by atoms with Gasteiger partial charge in [-0.05, 0) is 37.6 Å². The quantitative estimate of drug-likeness (QED) is 0.480. The molecule has 0 radical (unpaired) electrons. The molecule has 2 aromatic carbocycles. The van der Waals surface area contributed by atoms with Crippen LogP contribution in [-0.4, -0.2) is 11.5 Å². The SMILES string of the molecule is CCNc1cc(CSc2ccc(C)cc2)ccc1[N+](=O)[O-]. The molecule has 21 heavy (non-hydrogen) atoms. The van der Waals surface area contributed by atoms with Gasteiger partial charge in [-0.25, -0.2) is 0 Å². The van der Waals surface area contributed by atoms with Gasteiger partial charge in [0.15, 0.2) is 0 Å². The maximum Gasteiger partial charge on any atom is 0.292 e. The van der Waals surface area contributed by atoms with Crippen molar-refractivity contribution in [2.75, 3.05) is 11.9 Å². The van der Waals surface area contributed by atoms with Gasteiger partial charge in [0.25, 0.3) is 5.69 Å². The van der Waals surface area contributed by atoms with E-state index in [0.29, 0.717) is 12.2 Å². The molecule has 110 valence electrons. The molecule has 0 aromatic heterocycles. The van der Waals surface area contributed by atoms with Crippen LogP contribution in [0.15, 0.2) is 47.4 Å². The summed E-state index contributed by atoms with van der Waals surface area (Å²) in [6.45, 7) is 4.65. The molecular weight excluding hydrogens is 284 g/mol. The van der Waals surface area contributed by atoms with E-state index in [4.69, 9.17) is 0 Å². The van der Waals surface area contributed by atoms with Crippen LogP contribution in [0.1, 0.15) is 18.1 Å². The second-order valence-electron chi connectivity index (χ2n) is 4.74. The Kier molecular flexibility index (Phi) is 5.22. The molecule has 1 N–H and O–H groups in total. The summed E-state index contributed by atoms with van der Waals surface area (Å²) in [6.07, 6.45) is 0. The molecule has 0 heterocycles. The van der Waals surface area contributed by atoms with E-state index in [9.17, 15) is 10.1 Å². The lowest BCUT2D eigenvalue weighted by atomic mass is 10.2. The smallest absolute Gasteiger partial charge is 0.292 e. The summed E-state index contributed by atoms with van der Waals surface area (Å²) in [4.78, 5) is 11.8. The van der Waals surface area contributed by atoms with Crippen molar-refractivity contribution in [1.29, 1.82) is 0 Å². The van der Waals surface area contributed by atoms with Gasteiger partial charge in [0.05, 0.1) is 4.92 Å². The molecule has 0 aliphatic rings. The predicted molar refractivity (Wildman–Crippen MR) is 88.0 cm³/mol. The summed E-state index contributed by atoms with van der Waals surface area (Å²) in [5, 5.41) is 14.0. The number of hydrogen-bond donors (Lipinski definition) is 1. The van der Waals surface area contributed by atoms with E-state index in [1.165, 1.54) is 10.5 Å². The van der Waals surface area contributed by atoms with Crippen molar-refractivity contribution in [1.82, 2.24) is 0 Å². The van der Waals surface area contributed by atoms with E-state index >= 15 is 0 Å². The zero-order valence-electron chi connectivity index (χ0n) is 12.1. The van der Waals surface area contributed by atoms with Crippen molar-refractivity contribution in [2.24, 2.45) is 0 Å². The molecule has 0 aliphatic heterocycles. The number of aryl methyl sites for hydroxylation is 1. The minimum atomic E-state index is -0.352. The Hall–Kier alpha value is -2.01. The number of nitro groups is 1. The maximum atomic E-state index is 11.0. The Labute approximate surface area is 128 Å². The molecule has 0 spiro atoms. The highest BCUT2D eigenvalue weighted by Crippen LogP contribution is 2.29. The first-order valence-corrected chi connectivity index (χ1v) is 7.79. The van der Waals surface area contributed by atoms with Crippen molar-refractivity contribution in [3.63, 3.8) is 0 Å². The Morgan fingerprint density at radius 2 is 1.90 bits per heavy atom. The second kappa shape index (κ2) is 7.13. The molecule has 2 aromatic rings. The molecule has 0 amide bonds. The van der Waals surface area contributed by atoms with Gasteiger partial charge < -0.3 is 5.32 Å². The molecule has 4 nitrogen and oxygen atoms in total. The van der Waals surface area contributed by atoms with E-state index in [0.717, 1.165) is 11.3 Å². The summed E-state index contributed by atoms with van der Waals surface area (Å²) in [5.41, 5.74) is 3.02. The molecular formula is C16H18N2O2S. The van der Waals surface area contributed by atoms with Crippen molar-refractivity contribution in [2.45, 2.75) is 24.5 Å². The number of nitrogens with one attached hydrogen (secondary N) is 1. The normalized spacial score (nSPS) is 10.4. The third-order valence-corrected chi connectivity index (χ3v) is 4.13. The van der Waals surface area contributed by atoms with Crippen LogP contribution >= 0.6 is 11.8 Å². The van der Waals surface area contributed by atoms with Crippen molar-refractivity contribution in [3.05, 3.63) is 63.7 Å². The van der Waals surface area contributed by atoms with Crippen molar-refractivity contribution >= 4 is 23.1 Å². The molecule has 0 saturated heterocycles. The number of anilines is 1. The molecule has 0 unspecified atom stereocenters. The van der Waals surface area contributed by atoms with Crippen molar-refractivity contribution in [3.8, 4) is 0 Å². The number of nitrogens with zero attached hydrogens (tertiary/aromatic N) is 1. The van der Waals surface area contributed by atoms with Crippen LogP contribution in [0.2, 0.25) is 0 Å². The summed E-state index contributed by atoms with van der Waals surface area (Å²) in [5.74, 6) is 0.791.